The number of aryl methyl sites for hydroxylation is 2. The minimum Gasteiger partial charge on any atom is -0.480 e. The second kappa shape index (κ2) is 7.74. The van der Waals surface area contributed by atoms with Gasteiger partial charge in [0, 0.05) is 26.1 Å². The van der Waals surface area contributed by atoms with Crippen LogP contribution in [0.4, 0.5) is 0 Å². The van der Waals surface area contributed by atoms with Crippen LogP contribution in [-0.2, 0) is 9.59 Å². The Hall–Kier alpha value is -1.96. The molecule has 8 heteroatoms. The van der Waals surface area contributed by atoms with Crippen molar-refractivity contribution in [1.29, 1.82) is 0 Å². The third-order valence-electron chi connectivity index (χ3n) is 4.23. The van der Waals surface area contributed by atoms with Gasteiger partial charge in [0.05, 0.1) is 10.7 Å². The first kappa shape index (κ1) is 18.4. The zero-order chi connectivity index (χ0) is 17.9. The van der Waals surface area contributed by atoms with E-state index in [4.69, 9.17) is 5.11 Å². The molecule has 0 spiro atoms. The lowest BCUT2D eigenvalue weighted by Crippen LogP contribution is -2.43. The molecule has 0 radical (unpaired) electrons. The number of carboxylic acid groups (broad SMARTS) is 1. The molecule has 1 saturated heterocycles. The van der Waals surface area contributed by atoms with E-state index < -0.39 is 5.97 Å². The van der Waals surface area contributed by atoms with E-state index in [0.29, 0.717) is 30.8 Å². The van der Waals surface area contributed by atoms with Gasteiger partial charge in [-0.15, -0.1) is 11.3 Å². The smallest absolute Gasteiger partial charge is 0.323 e. The van der Waals surface area contributed by atoms with Crippen molar-refractivity contribution in [2.45, 2.75) is 46.1 Å². The number of rotatable bonds is 4. The summed E-state index contributed by atoms with van der Waals surface area (Å²) in [5.74, 6) is -1.28. The van der Waals surface area contributed by atoms with Crippen LogP contribution in [-0.4, -0.2) is 63.4 Å². The van der Waals surface area contributed by atoms with Crippen molar-refractivity contribution in [3.05, 3.63) is 15.6 Å². The highest BCUT2D eigenvalue weighted by molar-refractivity contribution is 7.13. The van der Waals surface area contributed by atoms with Crippen molar-refractivity contribution in [2.75, 3.05) is 19.6 Å². The number of carbonyl (C=O) groups excluding carboxylic acids is 2. The number of carboxylic acids is 1. The number of amides is 2. The van der Waals surface area contributed by atoms with E-state index in [1.54, 1.807) is 4.90 Å². The maximum Gasteiger partial charge on any atom is 0.323 e. The molecular formula is C16H23N3O4S. The summed E-state index contributed by atoms with van der Waals surface area (Å²) in [7, 11) is 0. The Labute approximate surface area is 145 Å². The van der Waals surface area contributed by atoms with E-state index in [9.17, 15) is 14.4 Å². The lowest BCUT2D eigenvalue weighted by Gasteiger charge is -2.28. The fourth-order valence-corrected chi connectivity index (χ4v) is 4.00. The summed E-state index contributed by atoms with van der Waals surface area (Å²) in [6.45, 7) is 5.94. The summed E-state index contributed by atoms with van der Waals surface area (Å²) >= 11 is 1.40. The molecule has 1 aliphatic rings. The molecule has 1 atom stereocenters. The first-order valence-corrected chi connectivity index (χ1v) is 8.83. The van der Waals surface area contributed by atoms with Gasteiger partial charge >= 0.3 is 5.97 Å². The lowest BCUT2D eigenvalue weighted by molar-refractivity contribution is -0.145. The van der Waals surface area contributed by atoms with E-state index >= 15 is 0 Å². The Morgan fingerprint density at radius 1 is 1.29 bits per heavy atom. The van der Waals surface area contributed by atoms with Crippen LogP contribution >= 0.6 is 11.3 Å². The van der Waals surface area contributed by atoms with Crippen molar-refractivity contribution >= 4 is 29.1 Å². The minimum absolute atomic E-state index is 0.0219. The number of hydrogen-bond donors (Lipinski definition) is 1. The topological polar surface area (TPSA) is 90.8 Å². The molecule has 0 bridgehead atoms. The third kappa shape index (κ3) is 4.31. The molecule has 0 aromatic carbocycles. The SMILES string of the molecule is CC(=O)N(CC(=O)O)[C@H]1CCCN(C(=O)c2sc(C)nc2C)CC1. The van der Waals surface area contributed by atoms with Crippen LogP contribution in [0.2, 0.25) is 0 Å². The van der Waals surface area contributed by atoms with Gasteiger partial charge in [0.1, 0.15) is 11.4 Å². The van der Waals surface area contributed by atoms with Gasteiger partial charge in [-0.05, 0) is 33.1 Å². The standard InChI is InChI=1S/C16H23N3O4S/c1-10-15(24-11(2)17-10)16(23)18-7-4-5-13(6-8-18)19(12(3)20)9-14(21)22/h13H,4-9H2,1-3H3,(H,21,22)/t13-/m0/s1. The van der Waals surface area contributed by atoms with E-state index in [1.165, 1.54) is 23.2 Å². The fraction of sp³-hybridized carbons (Fsp3) is 0.625. The predicted octanol–water partition coefficient (Wildman–Crippen LogP) is 1.69. The Morgan fingerprint density at radius 3 is 2.54 bits per heavy atom. The molecule has 0 aliphatic carbocycles. The van der Waals surface area contributed by atoms with E-state index in [1.807, 2.05) is 13.8 Å². The lowest BCUT2D eigenvalue weighted by atomic mass is 10.1. The molecule has 2 amide bonds. The van der Waals surface area contributed by atoms with Gasteiger partial charge in [0.2, 0.25) is 5.91 Å². The van der Waals surface area contributed by atoms with Gasteiger partial charge in [-0.2, -0.15) is 0 Å². The summed E-state index contributed by atoms with van der Waals surface area (Å²) in [5.41, 5.74) is 0.750. The average molecular weight is 353 g/mol. The number of aliphatic carboxylic acids is 1. The molecule has 24 heavy (non-hydrogen) atoms. The summed E-state index contributed by atoms with van der Waals surface area (Å²) in [5, 5.41) is 9.86. The van der Waals surface area contributed by atoms with Crippen LogP contribution in [0.1, 0.15) is 46.6 Å². The van der Waals surface area contributed by atoms with Crippen LogP contribution in [0, 0.1) is 13.8 Å². The van der Waals surface area contributed by atoms with Crippen LogP contribution in [0.3, 0.4) is 0 Å². The first-order chi connectivity index (χ1) is 11.3. The molecule has 2 rings (SSSR count). The Kier molecular flexibility index (Phi) is 5.93. The van der Waals surface area contributed by atoms with Crippen LogP contribution in [0.25, 0.3) is 0 Å². The van der Waals surface area contributed by atoms with Crippen LogP contribution in [0.5, 0.6) is 0 Å². The van der Waals surface area contributed by atoms with Crippen molar-refractivity contribution in [2.24, 2.45) is 0 Å². The highest BCUT2D eigenvalue weighted by Gasteiger charge is 2.29. The summed E-state index contributed by atoms with van der Waals surface area (Å²) in [6.07, 6.45) is 2.05. The van der Waals surface area contributed by atoms with E-state index in [0.717, 1.165) is 17.1 Å². The monoisotopic (exact) mass is 353 g/mol. The molecule has 0 unspecified atom stereocenters. The Morgan fingerprint density at radius 2 is 2.00 bits per heavy atom. The largest absolute Gasteiger partial charge is 0.480 e. The predicted molar refractivity (Wildman–Crippen MR) is 90.2 cm³/mol. The number of aromatic nitrogens is 1. The minimum atomic E-state index is -1.02. The molecule has 7 nitrogen and oxygen atoms in total. The quantitative estimate of drug-likeness (QED) is 0.889. The van der Waals surface area contributed by atoms with Gasteiger partial charge in [0.15, 0.2) is 0 Å². The molecule has 2 heterocycles. The Bertz CT molecular complexity index is 643. The molecule has 1 aromatic rings. The van der Waals surface area contributed by atoms with Crippen molar-refractivity contribution in [1.82, 2.24) is 14.8 Å². The van der Waals surface area contributed by atoms with Gasteiger partial charge in [-0.3, -0.25) is 14.4 Å². The van der Waals surface area contributed by atoms with Gasteiger partial charge in [-0.25, -0.2) is 4.98 Å². The zero-order valence-electron chi connectivity index (χ0n) is 14.2. The third-order valence-corrected chi connectivity index (χ3v) is 5.29. The highest BCUT2D eigenvalue weighted by atomic mass is 32.1. The second-order valence-electron chi connectivity index (χ2n) is 6.07. The molecular weight excluding hydrogens is 330 g/mol. The molecule has 1 fully saturated rings. The van der Waals surface area contributed by atoms with E-state index in [-0.39, 0.29) is 24.4 Å². The summed E-state index contributed by atoms with van der Waals surface area (Å²) < 4.78 is 0. The summed E-state index contributed by atoms with van der Waals surface area (Å²) in [6, 6.07) is -0.138. The molecule has 1 aliphatic heterocycles. The molecule has 0 saturated carbocycles. The van der Waals surface area contributed by atoms with Crippen LogP contribution < -0.4 is 0 Å². The number of likely N-dealkylation sites (tertiary alicyclic amines) is 1. The van der Waals surface area contributed by atoms with Gasteiger partial charge < -0.3 is 14.9 Å². The highest BCUT2D eigenvalue weighted by Crippen LogP contribution is 2.23. The Balaban J connectivity index is 2.06. The molecule has 132 valence electrons. The number of nitrogens with zero attached hydrogens (tertiary/aromatic N) is 3. The fourth-order valence-electron chi connectivity index (χ4n) is 3.11. The molecule has 1 aromatic heterocycles. The number of hydrogen-bond acceptors (Lipinski definition) is 5. The maximum absolute atomic E-state index is 12.7. The van der Waals surface area contributed by atoms with Gasteiger partial charge in [-0.1, -0.05) is 0 Å². The maximum atomic E-state index is 12.7. The molecule has 1 N–H and O–H groups in total. The van der Waals surface area contributed by atoms with Crippen molar-refractivity contribution < 1.29 is 19.5 Å². The first-order valence-electron chi connectivity index (χ1n) is 8.02. The second-order valence-corrected chi connectivity index (χ2v) is 7.27. The summed E-state index contributed by atoms with van der Waals surface area (Å²) in [4.78, 5) is 43.6. The zero-order valence-corrected chi connectivity index (χ0v) is 15.1. The van der Waals surface area contributed by atoms with Crippen LogP contribution in [0.15, 0.2) is 0 Å². The number of thiazole rings is 1. The van der Waals surface area contributed by atoms with E-state index in [2.05, 4.69) is 4.98 Å². The normalized spacial score (nSPS) is 18.1. The number of carbonyl (C=O) groups is 3. The van der Waals surface area contributed by atoms with Gasteiger partial charge in [0.25, 0.3) is 5.91 Å². The average Bonchev–Trinajstić information content (AvgIpc) is 2.71. The van der Waals surface area contributed by atoms with Crippen molar-refractivity contribution in [3.8, 4) is 0 Å². The van der Waals surface area contributed by atoms with Crippen molar-refractivity contribution in [3.63, 3.8) is 0 Å².